The minimum atomic E-state index is 0.316. The van der Waals surface area contributed by atoms with Gasteiger partial charge in [-0.1, -0.05) is 140 Å². The minimum Gasteiger partial charge on any atom is -0.455 e. The highest BCUT2D eigenvalue weighted by Crippen LogP contribution is 2.42. The molecule has 56 heavy (non-hydrogen) atoms. The smallest absolute Gasteiger partial charge is 0.167 e. The fraction of sp³-hybridized carbons (Fsp3) is 0.0392. The number of para-hydroxylation sites is 3. The standard InChI is InChI=1S/C51H34N4O/c1-4-15-33(16-5-1)35-19-12-20-37(31-35)50-52-49(34-17-6-2-7-18-34)53-51(54-50)42-26-13-25-41-47-39(24-14-28-46(47)56-48(41)42)36-29-30-45-43(32-36)40-23-10-11-27-44(40)55(45)38-21-8-3-9-22-38/h1-15,17-33H,16H2. The molecule has 264 valence electrons. The molecule has 3 aromatic heterocycles. The van der Waals surface area contributed by atoms with Crippen molar-refractivity contribution in [3.8, 4) is 51.0 Å². The molecule has 1 aliphatic carbocycles. The highest BCUT2D eigenvalue weighted by molar-refractivity contribution is 6.17. The number of aromatic nitrogens is 4. The Bertz CT molecular complexity index is 3170. The quantitative estimate of drug-likeness (QED) is 0.172. The maximum Gasteiger partial charge on any atom is 0.167 e. The molecule has 5 heteroatoms. The third kappa shape index (κ3) is 5.36. The van der Waals surface area contributed by atoms with Gasteiger partial charge in [0.25, 0.3) is 0 Å². The molecule has 10 aromatic rings. The highest BCUT2D eigenvalue weighted by atomic mass is 16.3. The molecule has 1 unspecified atom stereocenters. The monoisotopic (exact) mass is 718 g/mol. The number of nitrogens with zero attached hydrogens (tertiary/aromatic N) is 4. The molecule has 1 atom stereocenters. The zero-order valence-corrected chi connectivity index (χ0v) is 30.4. The van der Waals surface area contributed by atoms with Crippen LogP contribution in [0.25, 0.3) is 94.7 Å². The van der Waals surface area contributed by atoms with E-state index in [9.17, 15) is 0 Å². The fourth-order valence-corrected chi connectivity index (χ4v) is 8.34. The van der Waals surface area contributed by atoms with E-state index in [4.69, 9.17) is 19.4 Å². The van der Waals surface area contributed by atoms with Gasteiger partial charge >= 0.3 is 0 Å². The third-order valence-electron chi connectivity index (χ3n) is 11.0. The van der Waals surface area contributed by atoms with Crippen molar-refractivity contribution < 1.29 is 4.42 Å². The molecule has 11 rings (SSSR count). The second kappa shape index (κ2) is 13.2. The molecule has 0 amide bonds. The molecule has 0 radical (unpaired) electrons. The Morgan fingerprint density at radius 1 is 0.500 bits per heavy atom. The molecule has 0 fully saturated rings. The van der Waals surface area contributed by atoms with E-state index in [1.165, 1.54) is 27.4 Å². The van der Waals surface area contributed by atoms with Crippen molar-refractivity contribution in [2.24, 2.45) is 0 Å². The van der Waals surface area contributed by atoms with Crippen molar-refractivity contribution in [2.45, 2.75) is 12.3 Å². The average Bonchev–Trinajstić information content (AvgIpc) is 3.83. The average molecular weight is 719 g/mol. The van der Waals surface area contributed by atoms with Gasteiger partial charge in [0, 0.05) is 44.3 Å². The maximum atomic E-state index is 6.79. The lowest BCUT2D eigenvalue weighted by molar-refractivity contribution is 0.669. The Balaban J connectivity index is 1.08. The molecule has 0 saturated heterocycles. The first-order valence-electron chi connectivity index (χ1n) is 19.1. The molecule has 5 nitrogen and oxygen atoms in total. The van der Waals surface area contributed by atoms with Crippen LogP contribution in [0.4, 0.5) is 0 Å². The predicted octanol–water partition coefficient (Wildman–Crippen LogP) is 13.1. The van der Waals surface area contributed by atoms with E-state index in [1.54, 1.807) is 0 Å². The summed E-state index contributed by atoms with van der Waals surface area (Å²) in [5, 5.41) is 4.51. The maximum absolute atomic E-state index is 6.79. The lowest BCUT2D eigenvalue weighted by Crippen LogP contribution is -2.01. The number of benzene rings is 7. The summed E-state index contributed by atoms with van der Waals surface area (Å²) in [7, 11) is 0. The van der Waals surface area contributed by atoms with Crippen LogP contribution in [0.3, 0.4) is 0 Å². The summed E-state index contributed by atoms with van der Waals surface area (Å²) in [6, 6.07) is 57.3. The molecule has 3 heterocycles. The van der Waals surface area contributed by atoms with Crippen molar-refractivity contribution >= 4 is 43.7 Å². The first kappa shape index (κ1) is 32.1. The Hall–Kier alpha value is -7.37. The van der Waals surface area contributed by atoms with Gasteiger partial charge in [-0.25, -0.2) is 15.0 Å². The third-order valence-corrected chi connectivity index (χ3v) is 11.0. The fourth-order valence-electron chi connectivity index (χ4n) is 8.34. The normalized spacial score (nSPS) is 14.0. The van der Waals surface area contributed by atoms with Crippen LogP contribution in [0.2, 0.25) is 0 Å². The van der Waals surface area contributed by atoms with E-state index in [2.05, 4.69) is 162 Å². The number of hydrogen-bond donors (Lipinski definition) is 0. The summed E-state index contributed by atoms with van der Waals surface area (Å²) in [6.45, 7) is 0. The van der Waals surface area contributed by atoms with Gasteiger partial charge in [-0.15, -0.1) is 0 Å². The molecule has 0 bridgehead atoms. The Morgan fingerprint density at radius 3 is 2.05 bits per heavy atom. The summed E-state index contributed by atoms with van der Waals surface area (Å²) in [5.74, 6) is 2.13. The molecular weight excluding hydrogens is 685 g/mol. The summed E-state index contributed by atoms with van der Waals surface area (Å²) in [4.78, 5) is 15.3. The molecule has 7 aromatic carbocycles. The first-order valence-corrected chi connectivity index (χ1v) is 19.1. The second-order valence-electron chi connectivity index (χ2n) is 14.3. The summed E-state index contributed by atoms with van der Waals surface area (Å²) >= 11 is 0. The van der Waals surface area contributed by atoms with Crippen molar-refractivity contribution in [2.75, 3.05) is 0 Å². The molecule has 1 aliphatic rings. The second-order valence-corrected chi connectivity index (χ2v) is 14.3. The van der Waals surface area contributed by atoms with Crippen molar-refractivity contribution in [3.05, 3.63) is 194 Å². The molecule has 0 saturated carbocycles. The van der Waals surface area contributed by atoms with Gasteiger partial charge in [0.1, 0.15) is 11.2 Å². The van der Waals surface area contributed by atoms with Gasteiger partial charge < -0.3 is 8.98 Å². The molecule has 0 N–H and O–H groups in total. The lowest BCUT2D eigenvalue weighted by Gasteiger charge is -2.15. The first-order chi connectivity index (χ1) is 27.8. The van der Waals surface area contributed by atoms with Gasteiger partial charge in [0.2, 0.25) is 0 Å². The van der Waals surface area contributed by atoms with Crippen LogP contribution in [-0.2, 0) is 0 Å². The summed E-state index contributed by atoms with van der Waals surface area (Å²) in [5.41, 5.74) is 11.2. The Kier molecular flexibility index (Phi) is 7.56. The number of furan rings is 1. The lowest BCUT2D eigenvalue weighted by atomic mass is 9.91. The largest absolute Gasteiger partial charge is 0.455 e. The van der Waals surface area contributed by atoms with Crippen LogP contribution >= 0.6 is 0 Å². The van der Waals surface area contributed by atoms with Crippen molar-refractivity contribution in [1.82, 2.24) is 19.5 Å². The Morgan fingerprint density at radius 2 is 1.20 bits per heavy atom. The number of hydrogen-bond acceptors (Lipinski definition) is 4. The van der Waals surface area contributed by atoms with Crippen LogP contribution in [0.1, 0.15) is 17.9 Å². The molecule has 0 spiro atoms. The zero-order valence-electron chi connectivity index (χ0n) is 30.4. The van der Waals surface area contributed by atoms with Gasteiger partial charge in [0.05, 0.1) is 16.6 Å². The van der Waals surface area contributed by atoms with Crippen molar-refractivity contribution in [3.63, 3.8) is 0 Å². The predicted molar refractivity (Wildman–Crippen MR) is 229 cm³/mol. The van der Waals surface area contributed by atoms with E-state index in [0.29, 0.717) is 23.4 Å². The molecule has 0 aliphatic heterocycles. The van der Waals surface area contributed by atoms with Crippen LogP contribution in [0, 0.1) is 0 Å². The van der Waals surface area contributed by atoms with Gasteiger partial charge in [0.15, 0.2) is 17.5 Å². The van der Waals surface area contributed by atoms with E-state index in [1.807, 2.05) is 30.3 Å². The summed E-state index contributed by atoms with van der Waals surface area (Å²) < 4.78 is 9.14. The zero-order chi connectivity index (χ0) is 37.0. The van der Waals surface area contributed by atoms with Crippen LogP contribution < -0.4 is 0 Å². The van der Waals surface area contributed by atoms with Crippen LogP contribution in [0.5, 0.6) is 0 Å². The van der Waals surface area contributed by atoms with Crippen LogP contribution in [0.15, 0.2) is 193 Å². The van der Waals surface area contributed by atoms with Gasteiger partial charge in [-0.05, 0) is 71.6 Å². The number of fused-ring (bicyclic) bond motifs is 6. The number of allylic oxidation sites excluding steroid dienone is 4. The van der Waals surface area contributed by atoms with Gasteiger partial charge in [-0.2, -0.15) is 0 Å². The SMILES string of the molecule is C1=CCC(c2cccc(-c3nc(-c4ccccc4)nc(-c4cccc5c4oc4cccc(-c6ccc7c(c6)c6ccccc6n7-c6ccccc6)c45)n3)c2)C=C1. The van der Waals surface area contributed by atoms with E-state index in [-0.39, 0.29) is 0 Å². The van der Waals surface area contributed by atoms with Crippen LogP contribution in [-0.4, -0.2) is 19.5 Å². The van der Waals surface area contributed by atoms with Crippen molar-refractivity contribution in [1.29, 1.82) is 0 Å². The van der Waals surface area contributed by atoms with Gasteiger partial charge in [-0.3, -0.25) is 0 Å². The number of rotatable bonds is 6. The molecular formula is C51H34N4O. The van der Waals surface area contributed by atoms with E-state index < -0.39 is 0 Å². The minimum absolute atomic E-state index is 0.316. The van der Waals surface area contributed by atoms with E-state index >= 15 is 0 Å². The Labute approximate surface area is 323 Å². The highest BCUT2D eigenvalue weighted by Gasteiger charge is 2.21. The topological polar surface area (TPSA) is 56.7 Å². The van der Waals surface area contributed by atoms with E-state index in [0.717, 1.165) is 61.9 Å². The summed E-state index contributed by atoms with van der Waals surface area (Å²) in [6.07, 6.45) is 9.67.